The monoisotopic (exact) mass is 472 g/mol. The van der Waals surface area contributed by atoms with Crippen molar-refractivity contribution in [1.82, 2.24) is 24.8 Å². The summed E-state index contributed by atoms with van der Waals surface area (Å²) in [7, 11) is 0. The topological polar surface area (TPSA) is 78.5 Å². The molecule has 2 aliphatic rings. The van der Waals surface area contributed by atoms with Crippen LogP contribution in [0.1, 0.15) is 59.7 Å². The molecule has 35 heavy (non-hydrogen) atoms. The summed E-state index contributed by atoms with van der Waals surface area (Å²) in [6, 6.07) is 12.4. The Morgan fingerprint density at radius 2 is 2.09 bits per heavy atom. The molecular weight excluding hydrogens is 436 g/mol. The number of nitriles is 1. The van der Waals surface area contributed by atoms with Gasteiger partial charge in [-0.3, -0.25) is 4.90 Å². The van der Waals surface area contributed by atoms with Crippen LogP contribution in [0, 0.1) is 24.2 Å². The molecule has 0 radical (unpaired) electrons. The van der Waals surface area contributed by atoms with E-state index in [0.717, 1.165) is 101 Å². The lowest BCUT2D eigenvalue weighted by molar-refractivity contribution is 0.0664. The molecule has 1 aromatic carbocycles. The van der Waals surface area contributed by atoms with Crippen molar-refractivity contribution in [3.8, 4) is 6.07 Å². The van der Waals surface area contributed by atoms with E-state index < -0.39 is 0 Å². The Bertz CT molecular complexity index is 1180. The van der Waals surface area contributed by atoms with Gasteiger partial charge >= 0.3 is 0 Å². The number of fused-ring (bicyclic) bond motifs is 1. The maximum atomic E-state index is 9.22. The van der Waals surface area contributed by atoms with Gasteiger partial charge in [0.05, 0.1) is 23.0 Å². The van der Waals surface area contributed by atoms with Crippen LogP contribution in [-0.4, -0.2) is 58.9 Å². The predicted molar refractivity (Wildman–Crippen MR) is 136 cm³/mol. The van der Waals surface area contributed by atoms with Gasteiger partial charge in [-0.05, 0) is 88.3 Å². The van der Waals surface area contributed by atoms with Gasteiger partial charge in [0.15, 0.2) is 5.65 Å². The van der Waals surface area contributed by atoms with E-state index in [1.807, 2.05) is 24.4 Å². The first-order valence-corrected chi connectivity index (χ1v) is 13.0. The molecule has 2 aliphatic heterocycles. The quantitative estimate of drug-likeness (QED) is 0.502. The summed E-state index contributed by atoms with van der Waals surface area (Å²) in [5.41, 5.74) is 6.54. The maximum absolute atomic E-state index is 9.22. The standard InChI is InChI=1S/C28H36N6O/c1-21-26(7-11-30-18-22-9-14-35-15-10-22)28-31-12-8-27(34(28)32-21)25-6-3-13-33(20-25)19-24-5-2-4-23(16-24)17-29/h2,4-5,8,12,16,22,25,30H,3,6-7,9-11,13-15,18-20H2,1H3/t25-/m0/s1. The molecule has 2 saturated heterocycles. The van der Waals surface area contributed by atoms with Gasteiger partial charge in [-0.1, -0.05) is 12.1 Å². The van der Waals surface area contributed by atoms with Gasteiger partial charge in [0.2, 0.25) is 0 Å². The van der Waals surface area contributed by atoms with Crippen LogP contribution in [0.2, 0.25) is 0 Å². The molecule has 184 valence electrons. The number of ether oxygens (including phenoxy) is 1. The number of likely N-dealkylation sites (tertiary alicyclic amines) is 1. The van der Waals surface area contributed by atoms with E-state index >= 15 is 0 Å². The van der Waals surface area contributed by atoms with Crippen molar-refractivity contribution in [2.45, 2.75) is 51.5 Å². The number of aromatic nitrogens is 3. The Balaban J connectivity index is 1.25. The number of nitrogens with one attached hydrogen (secondary N) is 1. The second-order valence-corrected chi connectivity index (χ2v) is 10.1. The van der Waals surface area contributed by atoms with Crippen LogP contribution in [-0.2, 0) is 17.7 Å². The zero-order valence-electron chi connectivity index (χ0n) is 20.7. The molecule has 0 bridgehead atoms. The molecule has 0 saturated carbocycles. The van der Waals surface area contributed by atoms with Crippen molar-refractivity contribution >= 4 is 5.65 Å². The number of piperidine rings is 1. The molecule has 4 heterocycles. The van der Waals surface area contributed by atoms with Crippen molar-refractivity contribution in [3.05, 3.63) is 64.6 Å². The van der Waals surface area contributed by atoms with E-state index in [-0.39, 0.29) is 0 Å². The molecule has 2 aromatic heterocycles. The van der Waals surface area contributed by atoms with Crippen molar-refractivity contribution in [2.75, 3.05) is 39.4 Å². The summed E-state index contributed by atoms with van der Waals surface area (Å²) in [5.74, 6) is 1.15. The minimum Gasteiger partial charge on any atom is -0.381 e. The Labute approximate surface area is 208 Å². The van der Waals surface area contributed by atoms with E-state index in [9.17, 15) is 5.26 Å². The van der Waals surface area contributed by atoms with Crippen LogP contribution in [0.15, 0.2) is 36.5 Å². The Hall–Kier alpha value is -2.79. The van der Waals surface area contributed by atoms with Gasteiger partial charge in [-0.2, -0.15) is 10.4 Å². The lowest BCUT2D eigenvalue weighted by atomic mass is 9.94. The Morgan fingerprint density at radius 3 is 2.94 bits per heavy atom. The molecule has 1 atom stereocenters. The molecule has 0 spiro atoms. The van der Waals surface area contributed by atoms with Crippen molar-refractivity contribution in [1.29, 1.82) is 5.26 Å². The summed E-state index contributed by atoms with van der Waals surface area (Å²) in [4.78, 5) is 7.25. The lowest BCUT2D eigenvalue weighted by Crippen LogP contribution is -2.34. The Kier molecular flexibility index (Phi) is 7.72. The number of benzene rings is 1. The van der Waals surface area contributed by atoms with Crippen LogP contribution in [0.25, 0.3) is 5.65 Å². The van der Waals surface area contributed by atoms with Crippen molar-refractivity contribution in [3.63, 3.8) is 0 Å². The summed E-state index contributed by atoms with van der Waals surface area (Å²) in [5, 5.41) is 17.8. The van der Waals surface area contributed by atoms with Crippen LogP contribution in [0.4, 0.5) is 0 Å². The van der Waals surface area contributed by atoms with Gasteiger partial charge in [-0.15, -0.1) is 0 Å². The van der Waals surface area contributed by atoms with Crippen LogP contribution in [0.5, 0.6) is 0 Å². The fourth-order valence-electron chi connectivity index (χ4n) is 5.62. The highest BCUT2D eigenvalue weighted by Gasteiger charge is 2.25. The number of rotatable bonds is 8. The second-order valence-electron chi connectivity index (χ2n) is 10.1. The molecule has 0 amide bonds. The molecule has 0 unspecified atom stereocenters. The first-order chi connectivity index (χ1) is 17.2. The SMILES string of the molecule is Cc1nn2c([C@H]3CCCN(Cc4cccc(C#N)c4)C3)ccnc2c1CCNCC1CCOCC1. The summed E-state index contributed by atoms with van der Waals surface area (Å²) in [6.45, 7) is 8.89. The smallest absolute Gasteiger partial charge is 0.158 e. The Morgan fingerprint density at radius 1 is 1.20 bits per heavy atom. The number of hydrogen-bond donors (Lipinski definition) is 1. The van der Waals surface area contributed by atoms with Gasteiger partial charge in [0.1, 0.15) is 0 Å². The average molecular weight is 473 g/mol. The molecular formula is C28H36N6O. The zero-order chi connectivity index (χ0) is 24.0. The van der Waals surface area contributed by atoms with Crippen molar-refractivity contribution < 1.29 is 4.74 Å². The van der Waals surface area contributed by atoms with E-state index in [4.69, 9.17) is 14.8 Å². The molecule has 7 heteroatoms. The van der Waals surface area contributed by atoms with Crippen molar-refractivity contribution in [2.24, 2.45) is 5.92 Å². The van der Waals surface area contributed by atoms with Crippen LogP contribution in [0.3, 0.4) is 0 Å². The zero-order valence-corrected chi connectivity index (χ0v) is 20.7. The van der Waals surface area contributed by atoms with Gasteiger partial charge in [0, 0.05) is 44.0 Å². The third kappa shape index (κ3) is 5.72. The minimum absolute atomic E-state index is 0.423. The minimum atomic E-state index is 0.423. The van der Waals surface area contributed by atoms with Gasteiger partial charge in [-0.25, -0.2) is 9.50 Å². The molecule has 1 N–H and O–H groups in total. The first kappa shape index (κ1) is 23.9. The fraction of sp³-hybridized carbons (Fsp3) is 0.536. The molecule has 7 nitrogen and oxygen atoms in total. The molecule has 0 aliphatic carbocycles. The maximum Gasteiger partial charge on any atom is 0.158 e. The summed E-state index contributed by atoms with van der Waals surface area (Å²) in [6.07, 6.45) is 7.55. The average Bonchev–Trinajstić information content (AvgIpc) is 3.22. The van der Waals surface area contributed by atoms with E-state index in [0.29, 0.717) is 5.92 Å². The van der Waals surface area contributed by atoms with E-state index in [2.05, 4.69) is 39.9 Å². The highest BCUT2D eigenvalue weighted by molar-refractivity contribution is 5.51. The molecule has 3 aromatic rings. The normalized spacial score (nSPS) is 19.7. The fourth-order valence-corrected chi connectivity index (χ4v) is 5.62. The summed E-state index contributed by atoms with van der Waals surface area (Å²) >= 11 is 0. The number of aryl methyl sites for hydroxylation is 1. The summed E-state index contributed by atoms with van der Waals surface area (Å²) < 4.78 is 7.58. The van der Waals surface area contributed by atoms with E-state index in [1.165, 1.54) is 16.8 Å². The van der Waals surface area contributed by atoms with Crippen LogP contribution < -0.4 is 5.32 Å². The number of nitrogens with zero attached hydrogens (tertiary/aromatic N) is 5. The molecule has 2 fully saturated rings. The highest BCUT2D eigenvalue weighted by Crippen LogP contribution is 2.29. The van der Waals surface area contributed by atoms with Gasteiger partial charge in [0.25, 0.3) is 0 Å². The van der Waals surface area contributed by atoms with E-state index in [1.54, 1.807) is 0 Å². The largest absolute Gasteiger partial charge is 0.381 e. The lowest BCUT2D eigenvalue weighted by Gasteiger charge is -2.33. The predicted octanol–water partition coefficient (Wildman–Crippen LogP) is 3.85. The van der Waals surface area contributed by atoms with Crippen LogP contribution >= 0.6 is 0 Å². The molecule has 5 rings (SSSR count). The number of hydrogen-bond acceptors (Lipinski definition) is 6. The second kappa shape index (κ2) is 11.3. The first-order valence-electron chi connectivity index (χ1n) is 13.0. The third-order valence-corrected chi connectivity index (χ3v) is 7.56. The third-order valence-electron chi connectivity index (χ3n) is 7.56. The van der Waals surface area contributed by atoms with Gasteiger partial charge < -0.3 is 10.1 Å². The highest BCUT2D eigenvalue weighted by atomic mass is 16.5.